The number of carboxylic acid groups (broad SMARTS) is 1. The van der Waals surface area contributed by atoms with Gasteiger partial charge in [-0.1, -0.05) is 0 Å². The fourth-order valence-electron chi connectivity index (χ4n) is 1.54. The Kier molecular flexibility index (Phi) is 5.24. The Bertz CT molecular complexity index is 592. The number of ether oxygens (including phenoxy) is 1. The highest BCUT2D eigenvalue weighted by Crippen LogP contribution is 2.27. The highest BCUT2D eigenvalue weighted by molar-refractivity contribution is 7.81. The molecule has 0 spiro atoms. The Balaban J connectivity index is 3.17. The van der Waals surface area contributed by atoms with E-state index in [1.54, 1.807) is 0 Å². The summed E-state index contributed by atoms with van der Waals surface area (Å²) in [6.45, 7) is 0. The van der Waals surface area contributed by atoms with Crippen LogP contribution in [0.1, 0.15) is 0 Å². The van der Waals surface area contributed by atoms with Gasteiger partial charge in [0.2, 0.25) is 0 Å². The first kappa shape index (κ1) is 18.1. The highest BCUT2D eigenvalue weighted by atomic mass is 32.3. The Hall–Kier alpha value is -0.910. The first-order chi connectivity index (χ1) is 9.32. The van der Waals surface area contributed by atoms with E-state index in [9.17, 15) is 31.8 Å². The van der Waals surface area contributed by atoms with Crippen LogP contribution >= 0.6 is 0 Å². The maximum absolute atomic E-state index is 10.7. The van der Waals surface area contributed by atoms with Crippen molar-refractivity contribution in [2.45, 2.75) is 30.7 Å². The summed E-state index contributed by atoms with van der Waals surface area (Å²) >= 11 is 0. The van der Waals surface area contributed by atoms with Gasteiger partial charge in [-0.15, -0.1) is 0 Å². The van der Waals surface area contributed by atoms with Crippen molar-refractivity contribution in [1.82, 2.24) is 0 Å². The van der Waals surface area contributed by atoms with E-state index >= 15 is 0 Å². The topological polar surface area (TPSA) is 214 Å². The zero-order valence-corrected chi connectivity index (χ0v) is 11.3. The van der Waals surface area contributed by atoms with Gasteiger partial charge in [0.15, 0.2) is 18.5 Å². The molecule has 5 N–H and O–H groups in total. The lowest BCUT2D eigenvalue weighted by Gasteiger charge is -2.38. The van der Waals surface area contributed by atoms with Gasteiger partial charge in [0.25, 0.3) is 0 Å². The molecule has 0 amide bonds. The van der Waals surface area contributed by atoms with E-state index in [0.717, 1.165) is 0 Å². The molecule has 1 aliphatic rings. The summed E-state index contributed by atoms with van der Waals surface area (Å²) in [6.07, 6.45) is -11.8. The largest absolute Gasteiger partial charge is 0.479 e. The van der Waals surface area contributed by atoms with Gasteiger partial charge in [0.05, 0.1) is 0 Å². The molecule has 1 heterocycles. The minimum Gasteiger partial charge on any atom is -0.479 e. The Morgan fingerprint density at radius 2 is 1.38 bits per heavy atom. The molecule has 0 bridgehead atoms. The third-order valence-corrected chi connectivity index (χ3v) is 3.18. The lowest BCUT2D eigenvalue weighted by atomic mass is 9.99. The van der Waals surface area contributed by atoms with Crippen molar-refractivity contribution >= 4 is 26.8 Å². The minimum atomic E-state index is -5.29. The van der Waals surface area contributed by atoms with Crippen molar-refractivity contribution in [3.63, 3.8) is 0 Å². The second kappa shape index (κ2) is 6.07. The molecule has 1 rings (SSSR count). The smallest absolute Gasteiger partial charge is 0.397 e. The number of aliphatic carboxylic acids is 1. The molecule has 1 fully saturated rings. The van der Waals surface area contributed by atoms with Crippen LogP contribution in [-0.4, -0.2) is 77.9 Å². The van der Waals surface area contributed by atoms with E-state index in [-0.39, 0.29) is 0 Å². The van der Waals surface area contributed by atoms with Crippen LogP contribution in [0.3, 0.4) is 0 Å². The van der Waals surface area contributed by atoms with E-state index in [4.69, 9.17) is 14.2 Å². The Morgan fingerprint density at radius 1 is 0.952 bits per heavy atom. The van der Waals surface area contributed by atoms with Crippen LogP contribution in [0.2, 0.25) is 0 Å². The van der Waals surface area contributed by atoms with Gasteiger partial charge in [-0.3, -0.25) is 9.11 Å². The van der Waals surface area contributed by atoms with Gasteiger partial charge in [-0.2, -0.15) is 16.8 Å². The normalized spacial score (nSPS) is 34.6. The predicted octanol–water partition coefficient (Wildman–Crippen LogP) is -3.47. The van der Waals surface area contributed by atoms with Gasteiger partial charge in [-0.25, -0.2) is 13.2 Å². The molecule has 0 aromatic heterocycles. The van der Waals surface area contributed by atoms with Crippen LogP contribution in [0, 0.1) is 0 Å². The van der Waals surface area contributed by atoms with Crippen molar-refractivity contribution in [3.8, 4) is 0 Å². The second-order valence-corrected chi connectivity index (χ2v) is 5.85. The third-order valence-electron chi connectivity index (χ3n) is 2.25. The molecule has 0 aromatic carbocycles. The first-order valence-electron chi connectivity index (χ1n) is 4.87. The van der Waals surface area contributed by atoms with Crippen molar-refractivity contribution in [2.75, 3.05) is 0 Å². The molecule has 1 unspecified atom stereocenters. The Morgan fingerprint density at radius 3 is 1.76 bits per heavy atom. The van der Waals surface area contributed by atoms with Crippen molar-refractivity contribution in [1.29, 1.82) is 0 Å². The maximum Gasteiger partial charge on any atom is 0.397 e. The van der Waals surface area contributed by atoms with E-state index < -0.39 is 57.5 Å². The monoisotopic (exact) mass is 354 g/mol. The van der Waals surface area contributed by atoms with Crippen LogP contribution in [0.4, 0.5) is 0 Å². The van der Waals surface area contributed by atoms with Gasteiger partial charge in [-0.05, 0) is 0 Å². The lowest BCUT2D eigenvalue weighted by Crippen LogP contribution is -2.62. The molecular weight excluding hydrogens is 344 g/mol. The van der Waals surface area contributed by atoms with Gasteiger partial charge in [0.1, 0.15) is 12.2 Å². The minimum absolute atomic E-state index is 1.85. The molecule has 1 aliphatic heterocycles. The van der Waals surface area contributed by atoms with E-state index in [0.29, 0.717) is 0 Å². The number of carbonyl (C=O) groups is 1. The first-order valence-corrected chi connectivity index (χ1v) is 7.60. The molecule has 0 radical (unpaired) electrons. The van der Waals surface area contributed by atoms with Crippen LogP contribution in [-0.2, 0) is 38.7 Å². The molecule has 15 heteroatoms. The number of hydrogen-bond donors (Lipinski definition) is 5. The van der Waals surface area contributed by atoms with Gasteiger partial charge in [0, 0.05) is 0 Å². The molecule has 0 saturated carbocycles. The van der Waals surface area contributed by atoms with E-state index in [2.05, 4.69) is 13.1 Å². The second-order valence-electron chi connectivity index (χ2n) is 3.75. The third kappa shape index (κ3) is 5.09. The molecule has 0 aromatic rings. The van der Waals surface area contributed by atoms with Crippen LogP contribution in [0.25, 0.3) is 0 Å². The van der Waals surface area contributed by atoms with E-state index in [1.165, 1.54) is 0 Å². The Labute approximate surface area is 117 Å². The number of hydrogen-bond acceptors (Lipinski definition) is 10. The SMILES string of the molecule is O=C(O)[C@H]1OC(O)[C@H](OS(=O)(=O)O)[C@@H](OS(=O)(=O)O)[C@@H]1O. The maximum atomic E-state index is 10.7. The summed E-state index contributed by atoms with van der Waals surface area (Å²) in [7, 11) is -10.6. The van der Waals surface area contributed by atoms with Crippen LogP contribution in [0.5, 0.6) is 0 Å². The fourth-order valence-corrected chi connectivity index (χ4v) is 2.53. The molecule has 0 aliphatic carbocycles. The number of aliphatic hydroxyl groups excluding tert-OH is 2. The van der Waals surface area contributed by atoms with Crippen molar-refractivity contribution in [2.24, 2.45) is 0 Å². The molecule has 1 saturated heterocycles. The van der Waals surface area contributed by atoms with Crippen molar-refractivity contribution in [3.05, 3.63) is 0 Å². The zero-order valence-electron chi connectivity index (χ0n) is 9.71. The molecule has 13 nitrogen and oxygen atoms in total. The molecule has 5 atom stereocenters. The number of rotatable bonds is 5. The summed E-state index contributed by atoms with van der Waals surface area (Å²) in [4.78, 5) is 10.7. The fraction of sp³-hybridized carbons (Fsp3) is 0.833. The number of aliphatic hydroxyl groups is 2. The summed E-state index contributed by atoms with van der Waals surface area (Å²) in [5, 5.41) is 27.6. The number of carboxylic acids is 1. The zero-order chi connectivity index (χ0) is 16.6. The van der Waals surface area contributed by atoms with Gasteiger partial charge < -0.3 is 20.1 Å². The average Bonchev–Trinajstić information content (AvgIpc) is 2.24. The summed E-state index contributed by atoms with van der Waals surface area (Å²) in [6, 6.07) is 0. The van der Waals surface area contributed by atoms with Crippen molar-refractivity contribution < 1.29 is 59.2 Å². The molecule has 21 heavy (non-hydrogen) atoms. The predicted molar refractivity (Wildman–Crippen MR) is 57.4 cm³/mol. The van der Waals surface area contributed by atoms with Crippen LogP contribution < -0.4 is 0 Å². The average molecular weight is 354 g/mol. The van der Waals surface area contributed by atoms with Gasteiger partial charge >= 0.3 is 26.8 Å². The summed E-state index contributed by atoms with van der Waals surface area (Å²) in [5.41, 5.74) is 0. The molecular formula is C6H10O13S2. The summed E-state index contributed by atoms with van der Waals surface area (Å²) < 4.78 is 71.4. The lowest BCUT2D eigenvalue weighted by molar-refractivity contribution is -0.269. The van der Waals surface area contributed by atoms with Crippen LogP contribution in [0.15, 0.2) is 0 Å². The quantitative estimate of drug-likeness (QED) is 0.304. The highest BCUT2D eigenvalue weighted by Gasteiger charge is 2.52. The van der Waals surface area contributed by atoms with E-state index in [1.807, 2.05) is 0 Å². The molecule has 124 valence electrons. The standard InChI is InChI=1S/C6H10O13S2/c7-1-2(18-20(11,12)13)4(19-21(14,15)16)6(10)17-3(1)5(8)9/h1-4,6-7,10H,(H,8,9)(H,11,12,13)(H,14,15,16)/t1-,2-,3-,4+,6?/m0/s1. The summed E-state index contributed by atoms with van der Waals surface area (Å²) in [5.74, 6) is -1.85.